The number of nitrogens with one attached hydrogen (secondary N) is 2. The van der Waals surface area contributed by atoms with Crippen LogP contribution in [0.2, 0.25) is 0 Å². The van der Waals surface area contributed by atoms with Crippen LogP contribution in [-0.4, -0.2) is 36.7 Å². The number of hydrogen-bond acceptors (Lipinski definition) is 4. The van der Waals surface area contributed by atoms with Gasteiger partial charge in [0, 0.05) is 11.8 Å². The van der Waals surface area contributed by atoms with E-state index in [4.69, 9.17) is 9.84 Å². The largest absolute Gasteiger partial charge is 0.496 e. The molecule has 0 aliphatic carbocycles. The second-order valence-electron chi connectivity index (χ2n) is 4.71. The second-order valence-corrected chi connectivity index (χ2v) is 4.71. The maximum Gasteiger partial charge on any atom is 0.339 e. The first-order valence-electron chi connectivity index (χ1n) is 6.57. The van der Waals surface area contributed by atoms with E-state index in [0.717, 1.165) is 25.8 Å². The van der Waals surface area contributed by atoms with Gasteiger partial charge in [-0.1, -0.05) is 6.42 Å². The van der Waals surface area contributed by atoms with Gasteiger partial charge in [0.1, 0.15) is 11.3 Å². The number of ether oxygens (including phenoxy) is 1. The highest BCUT2D eigenvalue weighted by atomic mass is 16.5. The minimum atomic E-state index is -1.06. The van der Waals surface area contributed by atoms with Crippen LogP contribution in [-0.2, 0) is 4.79 Å². The zero-order valence-corrected chi connectivity index (χ0v) is 11.3. The van der Waals surface area contributed by atoms with Gasteiger partial charge in [0.25, 0.3) is 0 Å². The Morgan fingerprint density at radius 2 is 2.20 bits per heavy atom. The maximum absolute atomic E-state index is 12.1. The van der Waals surface area contributed by atoms with Gasteiger partial charge in [0.15, 0.2) is 0 Å². The van der Waals surface area contributed by atoms with Crippen molar-refractivity contribution in [3.63, 3.8) is 0 Å². The topological polar surface area (TPSA) is 87.7 Å². The van der Waals surface area contributed by atoms with E-state index in [1.54, 1.807) is 6.07 Å². The van der Waals surface area contributed by atoms with E-state index >= 15 is 0 Å². The number of anilines is 1. The fraction of sp³-hybridized carbons (Fsp3) is 0.429. The van der Waals surface area contributed by atoms with E-state index in [9.17, 15) is 9.59 Å². The number of carbonyl (C=O) groups excluding carboxylic acids is 1. The molecule has 2 rings (SSSR count). The first kappa shape index (κ1) is 14.3. The van der Waals surface area contributed by atoms with Gasteiger partial charge >= 0.3 is 5.97 Å². The molecular weight excluding hydrogens is 260 g/mol. The smallest absolute Gasteiger partial charge is 0.339 e. The first-order chi connectivity index (χ1) is 9.61. The molecule has 0 spiro atoms. The lowest BCUT2D eigenvalue weighted by Crippen LogP contribution is -2.43. The maximum atomic E-state index is 12.1. The Kier molecular flexibility index (Phi) is 4.57. The predicted molar refractivity (Wildman–Crippen MR) is 74.2 cm³/mol. The Bertz CT molecular complexity index is 510. The Hall–Kier alpha value is -2.08. The number of methoxy groups -OCH3 is 1. The van der Waals surface area contributed by atoms with E-state index < -0.39 is 5.97 Å². The normalized spacial score (nSPS) is 18.4. The van der Waals surface area contributed by atoms with Crippen molar-refractivity contribution < 1.29 is 19.4 Å². The Morgan fingerprint density at radius 1 is 1.40 bits per heavy atom. The number of benzene rings is 1. The van der Waals surface area contributed by atoms with E-state index in [1.165, 1.54) is 19.2 Å². The molecule has 1 fully saturated rings. The minimum absolute atomic E-state index is 0.0706. The number of hydrogen-bond donors (Lipinski definition) is 3. The highest BCUT2D eigenvalue weighted by Crippen LogP contribution is 2.23. The molecule has 0 aromatic heterocycles. The molecule has 1 aromatic rings. The third-order valence-corrected chi connectivity index (χ3v) is 3.33. The quantitative estimate of drug-likeness (QED) is 0.776. The fourth-order valence-electron chi connectivity index (χ4n) is 2.25. The molecule has 1 heterocycles. The zero-order chi connectivity index (χ0) is 14.5. The van der Waals surface area contributed by atoms with E-state index in [1.807, 2.05) is 0 Å². The van der Waals surface area contributed by atoms with Gasteiger partial charge in [-0.05, 0) is 31.5 Å². The summed E-state index contributed by atoms with van der Waals surface area (Å²) in [4.78, 5) is 23.0. The van der Waals surface area contributed by atoms with Crippen LogP contribution in [0.25, 0.3) is 0 Å². The van der Waals surface area contributed by atoms with Gasteiger partial charge in [-0.2, -0.15) is 0 Å². The third kappa shape index (κ3) is 3.27. The standard InChI is InChI=1S/C14H18N2O4/c1-20-12-8-9(5-6-10(12)14(18)19)16-13(17)11-4-2-3-7-15-11/h5-6,8,11,15H,2-4,7H2,1H3,(H,16,17)(H,18,19)/t11-/m0/s1. The molecule has 1 amide bonds. The highest BCUT2D eigenvalue weighted by Gasteiger charge is 2.21. The fourth-order valence-corrected chi connectivity index (χ4v) is 2.25. The lowest BCUT2D eigenvalue weighted by Gasteiger charge is -2.22. The van der Waals surface area contributed by atoms with Crippen LogP contribution in [0.1, 0.15) is 29.6 Å². The van der Waals surface area contributed by atoms with Crippen molar-refractivity contribution >= 4 is 17.6 Å². The van der Waals surface area contributed by atoms with E-state index in [2.05, 4.69) is 10.6 Å². The van der Waals surface area contributed by atoms with Crippen LogP contribution < -0.4 is 15.4 Å². The highest BCUT2D eigenvalue weighted by molar-refractivity contribution is 5.96. The molecule has 0 radical (unpaired) electrons. The summed E-state index contributed by atoms with van der Waals surface area (Å²) in [5, 5.41) is 14.9. The van der Waals surface area contributed by atoms with Crippen LogP contribution in [0.4, 0.5) is 5.69 Å². The molecule has 0 bridgehead atoms. The molecule has 6 nitrogen and oxygen atoms in total. The number of amides is 1. The van der Waals surface area contributed by atoms with Gasteiger partial charge < -0.3 is 20.5 Å². The molecule has 0 saturated carbocycles. The van der Waals surface area contributed by atoms with Crippen molar-refractivity contribution in [3.05, 3.63) is 23.8 Å². The summed E-state index contributed by atoms with van der Waals surface area (Å²) in [6.45, 7) is 0.847. The van der Waals surface area contributed by atoms with Crippen molar-refractivity contribution in [1.29, 1.82) is 0 Å². The molecule has 0 unspecified atom stereocenters. The van der Waals surface area contributed by atoms with Crippen molar-refractivity contribution in [2.75, 3.05) is 19.0 Å². The molecule has 1 aliphatic heterocycles. The molecule has 6 heteroatoms. The van der Waals surface area contributed by atoms with Crippen LogP contribution in [0.15, 0.2) is 18.2 Å². The van der Waals surface area contributed by atoms with Gasteiger partial charge in [0.2, 0.25) is 5.91 Å². The van der Waals surface area contributed by atoms with Crippen molar-refractivity contribution in [2.24, 2.45) is 0 Å². The summed E-state index contributed by atoms with van der Waals surface area (Å²) in [5.41, 5.74) is 0.602. The number of carbonyl (C=O) groups is 2. The minimum Gasteiger partial charge on any atom is -0.496 e. The Balaban J connectivity index is 2.09. The van der Waals surface area contributed by atoms with Gasteiger partial charge in [0.05, 0.1) is 13.2 Å². The molecule has 108 valence electrons. The number of carboxylic acids is 1. The van der Waals surface area contributed by atoms with Crippen LogP contribution in [0, 0.1) is 0 Å². The van der Waals surface area contributed by atoms with E-state index in [-0.39, 0.29) is 23.3 Å². The number of rotatable bonds is 4. The average Bonchev–Trinajstić information content (AvgIpc) is 2.47. The number of piperidine rings is 1. The van der Waals surface area contributed by atoms with Gasteiger partial charge in [-0.15, -0.1) is 0 Å². The third-order valence-electron chi connectivity index (χ3n) is 3.33. The molecule has 3 N–H and O–H groups in total. The Morgan fingerprint density at radius 3 is 2.80 bits per heavy atom. The first-order valence-corrected chi connectivity index (χ1v) is 6.57. The predicted octanol–water partition coefficient (Wildman–Crippen LogP) is 1.47. The summed E-state index contributed by atoms with van der Waals surface area (Å²) < 4.78 is 5.03. The summed E-state index contributed by atoms with van der Waals surface area (Å²) >= 11 is 0. The number of aromatic carboxylic acids is 1. The van der Waals surface area contributed by atoms with Crippen LogP contribution in [0.5, 0.6) is 5.75 Å². The molecular formula is C14H18N2O4. The SMILES string of the molecule is COc1cc(NC(=O)[C@@H]2CCCCN2)ccc1C(=O)O. The van der Waals surface area contributed by atoms with Crippen molar-refractivity contribution in [1.82, 2.24) is 5.32 Å². The van der Waals surface area contributed by atoms with Crippen LogP contribution in [0.3, 0.4) is 0 Å². The average molecular weight is 278 g/mol. The summed E-state index contributed by atoms with van der Waals surface area (Å²) in [6.07, 6.45) is 2.94. The van der Waals surface area contributed by atoms with Gasteiger partial charge in [-0.3, -0.25) is 4.79 Å². The van der Waals surface area contributed by atoms with E-state index in [0.29, 0.717) is 5.69 Å². The molecule has 1 saturated heterocycles. The molecule has 1 atom stereocenters. The molecule has 1 aliphatic rings. The van der Waals surface area contributed by atoms with Crippen molar-refractivity contribution in [3.8, 4) is 5.75 Å². The Labute approximate surface area is 117 Å². The molecule has 20 heavy (non-hydrogen) atoms. The lowest BCUT2D eigenvalue weighted by atomic mass is 10.0. The monoisotopic (exact) mass is 278 g/mol. The second kappa shape index (κ2) is 6.38. The molecule has 1 aromatic carbocycles. The summed E-state index contributed by atoms with van der Waals surface area (Å²) in [7, 11) is 1.40. The van der Waals surface area contributed by atoms with Gasteiger partial charge in [-0.25, -0.2) is 4.79 Å². The van der Waals surface area contributed by atoms with Crippen molar-refractivity contribution in [2.45, 2.75) is 25.3 Å². The number of carboxylic acid groups (broad SMARTS) is 1. The zero-order valence-electron chi connectivity index (χ0n) is 11.3. The summed E-state index contributed by atoms with van der Waals surface area (Å²) in [5.74, 6) is -0.935. The lowest BCUT2D eigenvalue weighted by molar-refractivity contribution is -0.118. The summed E-state index contributed by atoms with van der Waals surface area (Å²) in [6, 6.07) is 4.32. The van der Waals surface area contributed by atoms with Crippen LogP contribution >= 0.6 is 0 Å².